The average molecular weight is 498 g/mol. The average Bonchev–Trinajstić information content (AvgIpc) is 3.21. The van der Waals surface area contributed by atoms with E-state index in [0.29, 0.717) is 30.2 Å². The summed E-state index contributed by atoms with van der Waals surface area (Å²) >= 11 is 3.63. The minimum absolute atomic E-state index is 0.133. The molecule has 1 aromatic heterocycles. The Balaban J connectivity index is 1.37. The fourth-order valence-corrected chi connectivity index (χ4v) is 3.88. The molecule has 2 N–H and O–H groups in total. The minimum atomic E-state index is -0.283. The van der Waals surface area contributed by atoms with Crippen molar-refractivity contribution in [2.24, 2.45) is 0 Å². The molecule has 0 aliphatic carbocycles. The molecule has 0 aliphatic rings. The molecule has 0 unspecified atom stereocenters. The fourth-order valence-electron chi connectivity index (χ4n) is 3.42. The number of aromatic amines is 1. The van der Waals surface area contributed by atoms with Gasteiger partial charge in [-0.2, -0.15) is 0 Å². The van der Waals surface area contributed by atoms with Crippen LogP contribution in [-0.4, -0.2) is 23.1 Å². The monoisotopic (exact) mass is 497 g/mol. The highest BCUT2D eigenvalue weighted by Crippen LogP contribution is 2.34. The van der Waals surface area contributed by atoms with Gasteiger partial charge in [-0.25, -0.2) is 9.37 Å². The third-order valence-electron chi connectivity index (χ3n) is 5.05. The van der Waals surface area contributed by atoms with Crippen LogP contribution in [0.2, 0.25) is 0 Å². The van der Waals surface area contributed by atoms with Crippen molar-refractivity contribution in [3.8, 4) is 11.5 Å². The second kappa shape index (κ2) is 10.6. The van der Waals surface area contributed by atoms with Gasteiger partial charge in [-0.3, -0.25) is 0 Å². The quantitative estimate of drug-likeness (QED) is 0.273. The zero-order valence-electron chi connectivity index (χ0n) is 17.8. The fraction of sp³-hybridized carbons (Fsp3) is 0.240. The van der Waals surface area contributed by atoms with Crippen molar-refractivity contribution in [2.75, 3.05) is 13.2 Å². The highest BCUT2D eigenvalue weighted by Gasteiger charge is 2.12. The number of rotatable bonds is 10. The van der Waals surface area contributed by atoms with E-state index in [9.17, 15) is 4.39 Å². The SMILES string of the molecule is CCOc1cc(CNCCc2nc3ccccc3[nH]2)c(Br)cc1OCc1ccccc1F. The molecular formula is C25H25BrFN3O2. The van der Waals surface area contributed by atoms with Crippen LogP contribution >= 0.6 is 15.9 Å². The van der Waals surface area contributed by atoms with Gasteiger partial charge in [-0.15, -0.1) is 0 Å². The molecule has 0 saturated carbocycles. The number of ether oxygens (including phenoxy) is 2. The van der Waals surface area contributed by atoms with Crippen LogP contribution in [0.25, 0.3) is 11.0 Å². The van der Waals surface area contributed by atoms with E-state index in [1.54, 1.807) is 18.2 Å². The van der Waals surface area contributed by atoms with Crippen LogP contribution in [0.5, 0.6) is 11.5 Å². The summed E-state index contributed by atoms with van der Waals surface area (Å²) < 4.78 is 26.5. The zero-order valence-corrected chi connectivity index (χ0v) is 19.4. The van der Waals surface area contributed by atoms with Crippen LogP contribution in [0.4, 0.5) is 4.39 Å². The number of aromatic nitrogens is 2. The van der Waals surface area contributed by atoms with Crippen LogP contribution in [-0.2, 0) is 19.6 Å². The molecule has 7 heteroatoms. The molecule has 3 aromatic carbocycles. The Morgan fingerprint density at radius 3 is 2.59 bits per heavy atom. The number of benzene rings is 3. The smallest absolute Gasteiger partial charge is 0.162 e. The maximum atomic E-state index is 13.9. The minimum Gasteiger partial charge on any atom is -0.490 e. The molecule has 0 saturated heterocycles. The second-order valence-corrected chi connectivity index (χ2v) is 8.19. The topological polar surface area (TPSA) is 59.2 Å². The molecule has 166 valence electrons. The van der Waals surface area contributed by atoms with Gasteiger partial charge >= 0.3 is 0 Å². The molecular weight excluding hydrogens is 473 g/mol. The van der Waals surface area contributed by atoms with E-state index in [2.05, 4.69) is 31.2 Å². The first-order valence-electron chi connectivity index (χ1n) is 10.6. The molecule has 0 atom stereocenters. The number of hydrogen-bond donors (Lipinski definition) is 2. The van der Waals surface area contributed by atoms with Gasteiger partial charge in [-0.1, -0.05) is 46.3 Å². The van der Waals surface area contributed by atoms with Gasteiger partial charge in [0.15, 0.2) is 11.5 Å². The van der Waals surface area contributed by atoms with Gasteiger partial charge in [0.05, 0.1) is 17.6 Å². The first-order valence-corrected chi connectivity index (χ1v) is 11.4. The predicted octanol–water partition coefficient (Wildman–Crippen LogP) is 5.77. The Kier molecular flexibility index (Phi) is 7.39. The summed E-state index contributed by atoms with van der Waals surface area (Å²) in [7, 11) is 0. The molecule has 4 rings (SSSR count). The summed E-state index contributed by atoms with van der Waals surface area (Å²) in [6.07, 6.45) is 0.800. The lowest BCUT2D eigenvalue weighted by Crippen LogP contribution is -2.17. The number of fused-ring (bicyclic) bond motifs is 1. The molecule has 0 aliphatic heterocycles. The van der Waals surface area contributed by atoms with E-state index in [1.165, 1.54) is 6.07 Å². The lowest BCUT2D eigenvalue weighted by atomic mass is 10.2. The van der Waals surface area contributed by atoms with E-state index in [4.69, 9.17) is 9.47 Å². The molecule has 0 spiro atoms. The van der Waals surface area contributed by atoms with Crippen LogP contribution < -0.4 is 14.8 Å². The van der Waals surface area contributed by atoms with Gasteiger partial charge in [-0.05, 0) is 42.8 Å². The van der Waals surface area contributed by atoms with Crippen LogP contribution in [0.1, 0.15) is 23.9 Å². The van der Waals surface area contributed by atoms with E-state index in [1.807, 2.05) is 43.3 Å². The number of para-hydroxylation sites is 2. The van der Waals surface area contributed by atoms with Gasteiger partial charge in [0.25, 0.3) is 0 Å². The van der Waals surface area contributed by atoms with Crippen LogP contribution in [0.3, 0.4) is 0 Å². The Hall–Kier alpha value is -2.90. The zero-order chi connectivity index (χ0) is 22.3. The van der Waals surface area contributed by atoms with Crippen molar-refractivity contribution >= 4 is 27.0 Å². The number of nitrogens with one attached hydrogen (secondary N) is 2. The first kappa shape index (κ1) is 22.3. The van der Waals surface area contributed by atoms with Gasteiger partial charge in [0, 0.05) is 29.5 Å². The molecule has 32 heavy (non-hydrogen) atoms. The van der Waals surface area contributed by atoms with E-state index >= 15 is 0 Å². The van der Waals surface area contributed by atoms with Gasteiger partial charge in [0.2, 0.25) is 0 Å². The lowest BCUT2D eigenvalue weighted by molar-refractivity contribution is 0.265. The van der Waals surface area contributed by atoms with Gasteiger partial charge in [0.1, 0.15) is 18.2 Å². The molecule has 0 fully saturated rings. The molecule has 0 bridgehead atoms. The van der Waals surface area contributed by atoms with E-state index in [0.717, 1.165) is 39.9 Å². The molecule has 0 radical (unpaired) electrons. The van der Waals surface area contributed by atoms with Crippen molar-refractivity contribution in [3.05, 3.63) is 87.9 Å². The van der Waals surface area contributed by atoms with Gasteiger partial charge < -0.3 is 19.8 Å². The Bertz CT molecular complexity index is 1160. The summed E-state index contributed by atoms with van der Waals surface area (Å²) in [5, 5.41) is 3.45. The number of nitrogens with zero attached hydrogens (tertiary/aromatic N) is 1. The molecule has 1 heterocycles. The summed E-state index contributed by atoms with van der Waals surface area (Å²) in [4.78, 5) is 7.96. The molecule has 0 amide bonds. The van der Waals surface area contributed by atoms with Crippen LogP contribution in [0, 0.1) is 5.82 Å². The standard InChI is InChI=1S/C25H25BrFN3O2/c1-2-31-23-13-18(15-28-12-11-25-29-21-9-5-6-10-22(21)30-25)19(26)14-24(23)32-16-17-7-3-4-8-20(17)27/h3-10,13-14,28H,2,11-12,15-16H2,1H3,(H,29,30). The third kappa shape index (κ3) is 5.47. The van der Waals surface area contributed by atoms with Crippen molar-refractivity contribution in [2.45, 2.75) is 26.5 Å². The normalized spacial score (nSPS) is 11.1. The predicted molar refractivity (Wildman–Crippen MR) is 128 cm³/mol. The van der Waals surface area contributed by atoms with E-state index < -0.39 is 0 Å². The summed E-state index contributed by atoms with van der Waals surface area (Å²) in [6, 6.07) is 18.5. The van der Waals surface area contributed by atoms with Crippen molar-refractivity contribution < 1.29 is 13.9 Å². The summed E-state index contributed by atoms with van der Waals surface area (Å²) in [6.45, 7) is 4.01. The Labute approximate surface area is 195 Å². The highest BCUT2D eigenvalue weighted by atomic mass is 79.9. The third-order valence-corrected chi connectivity index (χ3v) is 5.78. The number of imidazole rings is 1. The van der Waals surface area contributed by atoms with Crippen molar-refractivity contribution in [1.82, 2.24) is 15.3 Å². The first-order chi connectivity index (χ1) is 15.6. The maximum Gasteiger partial charge on any atom is 0.162 e. The van der Waals surface area contributed by atoms with Crippen molar-refractivity contribution in [3.63, 3.8) is 0 Å². The largest absolute Gasteiger partial charge is 0.490 e. The number of H-pyrrole nitrogens is 1. The molecule has 4 aromatic rings. The summed E-state index contributed by atoms with van der Waals surface area (Å²) in [5.74, 6) is 1.90. The lowest BCUT2D eigenvalue weighted by Gasteiger charge is -2.15. The van der Waals surface area contributed by atoms with Crippen molar-refractivity contribution in [1.29, 1.82) is 0 Å². The van der Waals surface area contributed by atoms with E-state index in [-0.39, 0.29) is 12.4 Å². The highest BCUT2D eigenvalue weighted by molar-refractivity contribution is 9.10. The second-order valence-electron chi connectivity index (χ2n) is 7.33. The Morgan fingerprint density at radius 2 is 1.78 bits per heavy atom. The maximum absolute atomic E-state index is 13.9. The molecule has 5 nitrogen and oxygen atoms in total. The Morgan fingerprint density at radius 1 is 1.00 bits per heavy atom. The number of hydrogen-bond acceptors (Lipinski definition) is 4. The summed E-state index contributed by atoms with van der Waals surface area (Å²) in [5.41, 5.74) is 3.59. The number of halogens is 2. The van der Waals surface area contributed by atoms with Crippen LogP contribution in [0.15, 0.2) is 65.1 Å².